The summed E-state index contributed by atoms with van der Waals surface area (Å²) >= 11 is 1.69. The molecule has 4 rings (SSSR count). The average molecular weight is 1120 g/mol. The van der Waals surface area contributed by atoms with E-state index >= 15 is 0 Å². The SMILES string of the molecule is CCCN(CCc1ccc(OC)cc1)C(=O)C1=Cc2sc(CCCCCN(C)CCOCCOC(CO)OCCOCCOCCOCCOCCOCCOCCC(=O)Oc3c(F)c(F)cc(F)c3F)cc2N=C(N)C1. The van der Waals surface area contributed by atoms with Gasteiger partial charge in [-0.15, -0.1) is 11.3 Å². The molecule has 0 saturated carbocycles. The van der Waals surface area contributed by atoms with Crippen molar-refractivity contribution in [1.82, 2.24) is 9.80 Å². The Bertz CT molecular complexity index is 2180. The first kappa shape index (κ1) is 64.9. The lowest BCUT2D eigenvalue weighted by molar-refractivity contribution is -0.175. The number of amides is 1. The van der Waals surface area contributed by atoms with E-state index in [2.05, 4.69) is 34.7 Å². The molecule has 0 fully saturated rings. The van der Waals surface area contributed by atoms with Crippen molar-refractivity contribution >= 4 is 40.8 Å². The summed E-state index contributed by atoms with van der Waals surface area (Å²) in [5, 5.41) is 9.63. The van der Waals surface area contributed by atoms with Gasteiger partial charge >= 0.3 is 5.97 Å². The van der Waals surface area contributed by atoms with Crippen LogP contribution in [0, 0.1) is 23.3 Å². The van der Waals surface area contributed by atoms with E-state index in [0.29, 0.717) is 97.0 Å². The number of unbranched alkanes of at least 4 members (excludes halogenated alkanes) is 2. The molecule has 1 aromatic heterocycles. The number of aliphatic hydroxyl groups excluding tert-OH is 1. The van der Waals surface area contributed by atoms with Crippen LogP contribution in [0.4, 0.5) is 23.2 Å². The van der Waals surface area contributed by atoms with Crippen LogP contribution in [-0.2, 0) is 65.1 Å². The number of methoxy groups -OCH3 is 1. The Balaban J connectivity index is 0.897. The number of carbonyl (C=O) groups is 2. The van der Waals surface area contributed by atoms with Crippen LogP contribution in [0.25, 0.3) is 6.08 Å². The monoisotopic (exact) mass is 1110 g/mol. The summed E-state index contributed by atoms with van der Waals surface area (Å²) in [6.07, 6.45) is 6.89. The van der Waals surface area contributed by atoms with Crippen LogP contribution in [0.3, 0.4) is 0 Å². The van der Waals surface area contributed by atoms with E-state index in [0.717, 1.165) is 73.5 Å². The van der Waals surface area contributed by atoms with Crippen molar-refractivity contribution in [2.45, 2.75) is 64.6 Å². The van der Waals surface area contributed by atoms with Gasteiger partial charge in [0, 0.05) is 42.6 Å². The van der Waals surface area contributed by atoms with Crippen molar-refractivity contribution in [2.24, 2.45) is 10.7 Å². The lowest BCUT2D eigenvalue weighted by Gasteiger charge is -2.23. The zero-order valence-corrected chi connectivity index (χ0v) is 45.5. The maximum Gasteiger partial charge on any atom is 0.313 e. The normalized spacial score (nSPS) is 12.8. The van der Waals surface area contributed by atoms with Crippen LogP contribution in [0.5, 0.6) is 11.5 Å². The Morgan fingerprint density at radius 3 is 1.82 bits per heavy atom. The quantitative estimate of drug-likeness (QED) is 0.0152. The zero-order chi connectivity index (χ0) is 55.5. The number of hydrogen-bond acceptors (Lipinski definition) is 18. The highest BCUT2D eigenvalue weighted by atomic mass is 32.1. The first-order chi connectivity index (χ1) is 37.4. The third-order valence-corrected chi connectivity index (χ3v) is 12.6. The lowest BCUT2D eigenvalue weighted by Crippen LogP contribution is -2.35. The third kappa shape index (κ3) is 26.3. The van der Waals surface area contributed by atoms with Crippen LogP contribution in [0.15, 0.2) is 47.0 Å². The standard InChI is InChI=1S/C54H78F4N4O14S/c1-4-15-62(17-13-40-9-11-42(66-3)12-10-40)54(65)41-35-47-46(60-48(59)36-41)37-43(77-47)8-6-5-7-16-61(2)18-20-68-31-33-74-50(39-63)75-34-32-73-30-29-72-28-27-71-26-25-70-24-23-69-22-21-67-19-14-49(64)76-53-51(57)44(55)38-45(56)52(53)58/h9-12,35,37-38,50,63H,4-8,13-34,36,39H2,1-3H3,(H2,59,60). The van der Waals surface area contributed by atoms with E-state index in [1.54, 1.807) is 18.4 Å². The maximum atomic E-state index is 13.8. The van der Waals surface area contributed by atoms with Crippen LogP contribution >= 0.6 is 11.3 Å². The average Bonchev–Trinajstić information content (AvgIpc) is 3.72. The Kier molecular flexibility index (Phi) is 32.7. The van der Waals surface area contributed by atoms with Gasteiger partial charge < -0.3 is 72.7 Å². The predicted molar refractivity (Wildman–Crippen MR) is 282 cm³/mol. The molecule has 2 aromatic carbocycles. The van der Waals surface area contributed by atoms with Gasteiger partial charge in [0.2, 0.25) is 23.3 Å². The molecule has 3 N–H and O–H groups in total. The predicted octanol–water partition coefficient (Wildman–Crippen LogP) is 6.68. The minimum atomic E-state index is -1.80. The number of thiophene rings is 1. The van der Waals surface area contributed by atoms with Crippen molar-refractivity contribution in [2.75, 3.05) is 153 Å². The second-order valence-electron chi connectivity index (χ2n) is 17.6. The minimum Gasteiger partial charge on any atom is -0.497 e. The van der Waals surface area contributed by atoms with Gasteiger partial charge in [0.1, 0.15) is 11.6 Å². The number of rotatable bonds is 44. The summed E-state index contributed by atoms with van der Waals surface area (Å²) in [4.78, 5) is 36.6. The highest BCUT2D eigenvalue weighted by Gasteiger charge is 2.24. The molecule has 0 saturated heterocycles. The van der Waals surface area contributed by atoms with E-state index in [4.69, 9.17) is 53.1 Å². The molecule has 18 nitrogen and oxygen atoms in total. The Labute approximate surface area is 453 Å². The Hall–Kier alpha value is -4.63. The number of likely N-dealkylation sites (N-methyl/N-ethyl adjacent to an activating group) is 1. The van der Waals surface area contributed by atoms with Gasteiger partial charge in [-0.25, -0.2) is 13.8 Å². The van der Waals surface area contributed by atoms with Crippen LogP contribution < -0.4 is 15.2 Å². The van der Waals surface area contributed by atoms with Crippen molar-refractivity contribution in [3.05, 3.63) is 80.6 Å². The number of nitrogens with two attached hydrogens (primary N) is 1. The molecule has 1 amide bonds. The molecule has 0 radical (unpaired) electrons. The summed E-state index contributed by atoms with van der Waals surface area (Å²) in [7, 11) is 3.73. The van der Waals surface area contributed by atoms with E-state index < -0.39 is 47.7 Å². The number of carbonyl (C=O) groups excluding carboxylic acids is 2. The van der Waals surface area contributed by atoms with Crippen molar-refractivity contribution in [1.29, 1.82) is 0 Å². The highest BCUT2D eigenvalue weighted by molar-refractivity contribution is 7.13. The number of hydrogen-bond donors (Lipinski definition) is 2. The molecule has 2 heterocycles. The third-order valence-electron chi connectivity index (χ3n) is 11.5. The number of fused-ring (bicyclic) bond motifs is 1. The smallest absolute Gasteiger partial charge is 0.313 e. The fraction of sp³-hybridized carbons (Fsp3) is 0.611. The topological polar surface area (TPSA) is 201 Å². The van der Waals surface area contributed by atoms with E-state index in [1.807, 2.05) is 35.2 Å². The molecule has 77 heavy (non-hydrogen) atoms. The number of aliphatic hydroxyl groups is 1. The van der Waals surface area contributed by atoms with E-state index in [9.17, 15) is 32.3 Å². The molecule has 0 aliphatic carbocycles. The summed E-state index contributed by atoms with van der Waals surface area (Å²) < 4.78 is 113. The van der Waals surface area contributed by atoms with E-state index in [-0.39, 0.29) is 58.2 Å². The first-order valence-electron chi connectivity index (χ1n) is 26.1. The number of amidine groups is 1. The molecule has 1 unspecified atom stereocenters. The molecule has 1 atom stereocenters. The number of ether oxygens (including phenoxy) is 11. The zero-order valence-electron chi connectivity index (χ0n) is 44.7. The number of halogens is 4. The van der Waals surface area contributed by atoms with Gasteiger partial charge in [-0.1, -0.05) is 25.5 Å². The molecule has 432 valence electrons. The Morgan fingerprint density at radius 1 is 0.701 bits per heavy atom. The summed E-state index contributed by atoms with van der Waals surface area (Å²) in [5.41, 5.74) is 9.01. The number of esters is 1. The number of aliphatic imine (C=N–C) groups is 1. The fourth-order valence-corrected chi connectivity index (χ4v) is 8.54. The first-order valence-corrected chi connectivity index (χ1v) is 26.9. The fourth-order valence-electron chi connectivity index (χ4n) is 7.43. The second kappa shape index (κ2) is 38.9. The van der Waals surface area contributed by atoms with Gasteiger partial charge in [-0.2, -0.15) is 8.78 Å². The number of benzene rings is 2. The summed E-state index contributed by atoms with van der Waals surface area (Å²) in [5.74, 6) is -8.26. The van der Waals surface area contributed by atoms with Crippen LogP contribution in [-0.4, -0.2) is 192 Å². The van der Waals surface area contributed by atoms with Gasteiger partial charge in [0.05, 0.1) is 136 Å². The molecule has 0 bridgehead atoms. The van der Waals surface area contributed by atoms with Gasteiger partial charge in [0.15, 0.2) is 17.9 Å². The molecule has 1 aliphatic heterocycles. The largest absolute Gasteiger partial charge is 0.497 e. The molecule has 1 aliphatic rings. The molecule has 0 spiro atoms. The van der Waals surface area contributed by atoms with Crippen LogP contribution in [0.1, 0.15) is 60.8 Å². The number of nitrogens with zero attached hydrogens (tertiary/aromatic N) is 3. The summed E-state index contributed by atoms with van der Waals surface area (Å²) in [6.45, 7) is 9.49. The second-order valence-corrected chi connectivity index (χ2v) is 18.7. The molecule has 23 heteroatoms. The summed E-state index contributed by atoms with van der Waals surface area (Å²) in [6, 6.07) is 10.1. The van der Waals surface area contributed by atoms with E-state index in [1.165, 1.54) is 4.88 Å². The molecule has 3 aromatic rings. The van der Waals surface area contributed by atoms with Gasteiger partial charge in [0.25, 0.3) is 0 Å². The maximum absolute atomic E-state index is 13.8. The van der Waals surface area contributed by atoms with Crippen molar-refractivity contribution in [3.8, 4) is 11.5 Å². The van der Waals surface area contributed by atoms with Crippen molar-refractivity contribution < 1.29 is 84.4 Å². The lowest BCUT2D eigenvalue weighted by atomic mass is 10.1. The Morgan fingerprint density at radius 2 is 1.26 bits per heavy atom. The molecular weight excluding hydrogens is 1040 g/mol. The van der Waals surface area contributed by atoms with Crippen molar-refractivity contribution in [3.63, 3.8) is 0 Å². The minimum absolute atomic E-state index is 0.0118. The van der Waals surface area contributed by atoms with Gasteiger partial charge in [-0.05, 0) is 75.5 Å². The van der Waals surface area contributed by atoms with Crippen LogP contribution in [0.2, 0.25) is 0 Å². The molecular formula is C54H78F4N4O14S. The number of aryl methyl sites for hydroxylation is 1. The van der Waals surface area contributed by atoms with Gasteiger partial charge in [-0.3, -0.25) is 9.59 Å². The highest BCUT2D eigenvalue weighted by Crippen LogP contribution is 2.36.